The van der Waals surface area contributed by atoms with Crippen LogP contribution in [-0.4, -0.2) is 32.8 Å². The minimum atomic E-state index is -0.310. The number of thiocarbonyl (C=S) groups is 1. The molecule has 0 bridgehead atoms. The largest absolute Gasteiger partial charge is 0.357 e. The summed E-state index contributed by atoms with van der Waals surface area (Å²) in [4.78, 5) is 30.8. The molecule has 0 spiro atoms. The van der Waals surface area contributed by atoms with Crippen molar-refractivity contribution in [3.05, 3.63) is 67.3 Å². The summed E-state index contributed by atoms with van der Waals surface area (Å²) in [6.45, 7) is 10.3. The molecule has 1 aromatic heterocycles. The third kappa shape index (κ3) is 4.93. The zero-order chi connectivity index (χ0) is 25.4. The lowest BCUT2D eigenvalue weighted by atomic mass is 9.91. The van der Waals surface area contributed by atoms with Gasteiger partial charge in [0.2, 0.25) is 0 Å². The van der Waals surface area contributed by atoms with Crippen LogP contribution in [0.4, 0.5) is 5.82 Å². The van der Waals surface area contributed by atoms with E-state index in [1.165, 1.54) is 11.8 Å². The number of nitriles is 1. The van der Waals surface area contributed by atoms with Gasteiger partial charge in [-0.3, -0.25) is 19.1 Å². The molecule has 4 rings (SSSR count). The summed E-state index contributed by atoms with van der Waals surface area (Å²) in [5.74, 6) is 1.56. The van der Waals surface area contributed by atoms with E-state index in [9.17, 15) is 14.9 Å². The van der Waals surface area contributed by atoms with Crippen LogP contribution in [0.3, 0.4) is 0 Å². The van der Waals surface area contributed by atoms with Crippen LogP contribution in [-0.2, 0) is 18.4 Å². The van der Waals surface area contributed by atoms with E-state index in [1.54, 1.807) is 23.4 Å². The average molecular weight is 507 g/mol. The van der Waals surface area contributed by atoms with Crippen molar-refractivity contribution in [3.63, 3.8) is 0 Å². The first kappa shape index (κ1) is 25.2. The number of hydrogen-bond acceptors (Lipinski definition) is 6. The number of pyridine rings is 1. The fraction of sp³-hybridized carbons (Fsp3) is 0.407. The van der Waals surface area contributed by atoms with Crippen molar-refractivity contribution >= 4 is 46.1 Å². The van der Waals surface area contributed by atoms with Gasteiger partial charge in [0.05, 0.1) is 11.4 Å². The number of rotatable bonds is 4. The molecule has 3 heterocycles. The van der Waals surface area contributed by atoms with Crippen LogP contribution >= 0.6 is 24.0 Å². The molecule has 2 aromatic rings. The Morgan fingerprint density at radius 2 is 1.77 bits per heavy atom. The lowest BCUT2D eigenvalue weighted by molar-refractivity contribution is -0.122. The van der Waals surface area contributed by atoms with Gasteiger partial charge in [0.25, 0.3) is 11.5 Å². The molecule has 8 heteroatoms. The Bertz CT molecular complexity index is 1310. The summed E-state index contributed by atoms with van der Waals surface area (Å²) in [5.41, 5.74) is 3.30. The molecule has 0 N–H and O–H groups in total. The van der Waals surface area contributed by atoms with E-state index >= 15 is 0 Å². The lowest BCUT2D eigenvalue weighted by Gasteiger charge is -2.38. The third-order valence-electron chi connectivity index (χ3n) is 6.75. The summed E-state index contributed by atoms with van der Waals surface area (Å²) in [7, 11) is 1.71. The SMILES string of the molecule is Cc1ccc(CN2C(=O)/C(=C/c3c(C)c(C#N)c(=O)n(C)c3N3CC(C)CC(C)C3)SC2=S)cc1. The summed E-state index contributed by atoms with van der Waals surface area (Å²) in [6, 6.07) is 10.1. The molecule has 35 heavy (non-hydrogen) atoms. The summed E-state index contributed by atoms with van der Waals surface area (Å²) >= 11 is 6.83. The van der Waals surface area contributed by atoms with Crippen molar-refractivity contribution in [2.24, 2.45) is 18.9 Å². The van der Waals surface area contributed by atoms with Crippen molar-refractivity contribution in [3.8, 4) is 6.07 Å². The van der Waals surface area contributed by atoms with Crippen molar-refractivity contribution in [2.75, 3.05) is 18.0 Å². The molecule has 1 aromatic carbocycles. The number of nitrogens with zero attached hydrogens (tertiary/aromatic N) is 4. The maximum Gasteiger partial charge on any atom is 0.270 e. The van der Waals surface area contributed by atoms with Gasteiger partial charge in [-0.25, -0.2) is 0 Å². The van der Waals surface area contributed by atoms with Gasteiger partial charge < -0.3 is 4.90 Å². The highest BCUT2D eigenvalue weighted by Crippen LogP contribution is 2.37. The van der Waals surface area contributed by atoms with Crippen LogP contribution in [0.2, 0.25) is 0 Å². The van der Waals surface area contributed by atoms with Gasteiger partial charge in [0, 0.05) is 25.7 Å². The maximum absolute atomic E-state index is 13.4. The average Bonchev–Trinajstić information content (AvgIpc) is 3.06. The molecule has 2 atom stereocenters. The number of carbonyl (C=O) groups is 1. The number of benzene rings is 1. The van der Waals surface area contributed by atoms with E-state index in [2.05, 4.69) is 24.8 Å². The first-order valence-electron chi connectivity index (χ1n) is 11.8. The van der Waals surface area contributed by atoms with Crippen LogP contribution in [0.1, 0.15) is 48.1 Å². The highest BCUT2D eigenvalue weighted by atomic mass is 32.2. The molecule has 0 saturated carbocycles. The summed E-state index contributed by atoms with van der Waals surface area (Å²) in [5, 5.41) is 9.72. The number of piperidine rings is 1. The number of carbonyl (C=O) groups excluding carboxylic acids is 1. The fourth-order valence-electron chi connectivity index (χ4n) is 5.07. The van der Waals surface area contributed by atoms with Gasteiger partial charge in [-0.05, 0) is 49.3 Å². The van der Waals surface area contributed by atoms with Crippen LogP contribution in [0.25, 0.3) is 6.08 Å². The molecule has 1 amide bonds. The smallest absolute Gasteiger partial charge is 0.270 e. The highest BCUT2D eigenvalue weighted by Gasteiger charge is 2.34. The van der Waals surface area contributed by atoms with Crippen LogP contribution < -0.4 is 10.5 Å². The fourth-order valence-corrected chi connectivity index (χ4v) is 6.31. The number of thioether (sulfide) groups is 1. The predicted molar refractivity (Wildman–Crippen MR) is 146 cm³/mol. The molecule has 2 saturated heterocycles. The molecule has 0 radical (unpaired) electrons. The standard InChI is InChI=1S/C27H30N4O2S2/c1-16-6-8-20(9-7-16)15-31-26(33)23(35-27(31)34)11-21-19(4)22(12-28)25(32)29(5)24(21)30-13-17(2)10-18(3)14-30/h6-9,11,17-18H,10,13-15H2,1-5H3/b23-11-. The van der Waals surface area contributed by atoms with Gasteiger partial charge >= 0.3 is 0 Å². The first-order valence-corrected chi connectivity index (χ1v) is 13.0. The zero-order valence-corrected chi connectivity index (χ0v) is 22.4. The number of hydrogen-bond donors (Lipinski definition) is 0. The summed E-state index contributed by atoms with van der Waals surface area (Å²) in [6.07, 6.45) is 2.95. The Labute approximate surface area is 216 Å². The molecule has 182 valence electrons. The van der Waals surface area contributed by atoms with E-state index < -0.39 is 0 Å². The Morgan fingerprint density at radius 1 is 1.14 bits per heavy atom. The molecular formula is C27H30N4O2S2. The number of anilines is 1. The van der Waals surface area contributed by atoms with Crippen LogP contribution in [0.5, 0.6) is 0 Å². The maximum atomic E-state index is 13.4. The minimum Gasteiger partial charge on any atom is -0.357 e. The van der Waals surface area contributed by atoms with Crippen LogP contribution in [0, 0.1) is 37.0 Å². The van der Waals surface area contributed by atoms with E-state index in [-0.39, 0.29) is 17.0 Å². The second-order valence-electron chi connectivity index (χ2n) is 9.82. The topological polar surface area (TPSA) is 69.3 Å². The van der Waals surface area contributed by atoms with Gasteiger partial charge in [-0.1, -0.05) is 67.7 Å². The molecule has 2 unspecified atom stereocenters. The van der Waals surface area contributed by atoms with E-state index in [1.807, 2.05) is 37.3 Å². The van der Waals surface area contributed by atoms with Gasteiger partial charge in [0.15, 0.2) is 0 Å². The van der Waals surface area contributed by atoms with E-state index in [0.29, 0.717) is 33.2 Å². The Balaban J connectivity index is 1.78. The number of aryl methyl sites for hydroxylation is 1. The van der Waals surface area contributed by atoms with Crippen molar-refractivity contribution < 1.29 is 4.79 Å². The number of amides is 1. The van der Waals surface area contributed by atoms with Gasteiger partial charge in [0.1, 0.15) is 21.8 Å². The van der Waals surface area contributed by atoms with E-state index in [0.717, 1.165) is 42.0 Å². The van der Waals surface area contributed by atoms with Crippen LogP contribution in [0.15, 0.2) is 34.0 Å². The summed E-state index contributed by atoms with van der Waals surface area (Å²) < 4.78 is 2.07. The first-order chi connectivity index (χ1) is 16.6. The molecule has 2 aliphatic rings. The normalized spacial score (nSPS) is 21.7. The van der Waals surface area contributed by atoms with Crippen molar-refractivity contribution in [2.45, 2.75) is 40.7 Å². The van der Waals surface area contributed by atoms with E-state index in [4.69, 9.17) is 12.2 Å². The van der Waals surface area contributed by atoms with Crippen molar-refractivity contribution in [1.82, 2.24) is 9.47 Å². The highest BCUT2D eigenvalue weighted by molar-refractivity contribution is 8.26. The Hall–Kier alpha value is -2.89. The van der Waals surface area contributed by atoms with Crippen molar-refractivity contribution in [1.29, 1.82) is 5.26 Å². The third-order valence-corrected chi connectivity index (χ3v) is 8.12. The predicted octanol–water partition coefficient (Wildman–Crippen LogP) is 4.76. The Morgan fingerprint density at radius 3 is 2.37 bits per heavy atom. The molecule has 2 fully saturated rings. The second-order valence-corrected chi connectivity index (χ2v) is 11.5. The molecule has 6 nitrogen and oxygen atoms in total. The van der Waals surface area contributed by atoms with Gasteiger partial charge in [-0.15, -0.1) is 0 Å². The molecular weight excluding hydrogens is 476 g/mol. The van der Waals surface area contributed by atoms with Gasteiger partial charge in [-0.2, -0.15) is 5.26 Å². The second kappa shape index (κ2) is 10.00. The minimum absolute atomic E-state index is 0.107. The Kier molecular flexibility index (Phi) is 7.20. The molecule has 2 aliphatic heterocycles. The lowest BCUT2D eigenvalue weighted by Crippen LogP contribution is -2.42. The quantitative estimate of drug-likeness (QED) is 0.440. The number of aromatic nitrogens is 1. The monoisotopic (exact) mass is 506 g/mol. The molecule has 0 aliphatic carbocycles. The zero-order valence-electron chi connectivity index (χ0n) is 20.8.